The van der Waals surface area contributed by atoms with Crippen LogP contribution in [0.3, 0.4) is 0 Å². The quantitative estimate of drug-likeness (QED) is 0.549. The topological polar surface area (TPSA) is 126 Å². The van der Waals surface area contributed by atoms with Gasteiger partial charge in [0.25, 0.3) is 5.91 Å². The number of rotatable bonds is 7. The smallest absolute Gasteiger partial charge is 0.338 e. The van der Waals surface area contributed by atoms with Gasteiger partial charge >= 0.3 is 5.97 Å². The van der Waals surface area contributed by atoms with Crippen molar-refractivity contribution in [2.75, 3.05) is 17.2 Å². The summed E-state index contributed by atoms with van der Waals surface area (Å²) in [5.41, 5.74) is 2.66. The molecule has 3 rings (SSSR count). The third kappa shape index (κ3) is 5.05. The van der Waals surface area contributed by atoms with Gasteiger partial charge in [-0.1, -0.05) is 0 Å². The molecule has 0 bridgehead atoms. The van der Waals surface area contributed by atoms with E-state index in [4.69, 9.17) is 9.15 Å². The van der Waals surface area contributed by atoms with E-state index in [-0.39, 0.29) is 11.5 Å². The molecule has 164 valence electrons. The molecule has 9 nitrogen and oxygen atoms in total. The minimum atomic E-state index is -0.687. The second-order valence-electron chi connectivity index (χ2n) is 7.09. The van der Waals surface area contributed by atoms with E-state index in [1.54, 1.807) is 42.0 Å². The molecule has 32 heavy (non-hydrogen) atoms. The monoisotopic (exact) mass is 434 g/mol. The van der Waals surface area contributed by atoms with Crippen molar-refractivity contribution in [1.82, 2.24) is 4.57 Å². The molecule has 0 radical (unpaired) electrons. The number of amides is 2. The zero-order valence-corrected chi connectivity index (χ0v) is 17.9. The van der Waals surface area contributed by atoms with Gasteiger partial charge in [-0.25, -0.2) is 4.79 Å². The summed E-state index contributed by atoms with van der Waals surface area (Å²) in [4.78, 5) is 35.8. The van der Waals surface area contributed by atoms with Gasteiger partial charge in [-0.15, -0.1) is 0 Å². The molecule has 0 atom stereocenters. The van der Waals surface area contributed by atoms with Crippen LogP contribution in [0.15, 0.2) is 47.1 Å². The predicted octanol–water partition coefficient (Wildman–Crippen LogP) is 3.37. The van der Waals surface area contributed by atoms with Crippen LogP contribution in [0.25, 0.3) is 0 Å². The lowest BCUT2D eigenvalue weighted by molar-refractivity contribution is -0.119. The Kier molecular flexibility index (Phi) is 6.75. The fraction of sp³-hybridized carbons (Fsp3) is 0.217. The van der Waals surface area contributed by atoms with Crippen molar-refractivity contribution in [1.29, 1.82) is 5.26 Å². The summed E-state index contributed by atoms with van der Waals surface area (Å²) in [6, 6.07) is 11.8. The zero-order valence-electron chi connectivity index (χ0n) is 17.9. The lowest BCUT2D eigenvalue weighted by Crippen LogP contribution is -2.23. The number of hydrogen-bond acceptors (Lipinski definition) is 6. The summed E-state index contributed by atoms with van der Waals surface area (Å²) < 4.78 is 12.2. The van der Waals surface area contributed by atoms with Crippen molar-refractivity contribution < 1.29 is 23.5 Å². The largest absolute Gasteiger partial charge is 0.467 e. The summed E-state index contributed by atoms with van der Waals surface area (Å²) in [5, 5.41) is 14.8. The SMILES string of the molecule is CC(=O)Nc1ccc(C(=O)OCC(=O)Nc2c(C#N)c(C)c(C)n2Cc2ccco2)cc1. The summed E-state index contributed by atoms with van der Waals surface area (Å²) in [6.45, 7) is 4.83. The van der Waals surface area contributed by atoms with Crippen LogP contribution in [-0.4, -0.2) is 29.0 Å². The van der Waals surface area contributed by atoms with Crippen molar-refractivity contribution in [2.24, 2.45) is 0 Å². The summed E-state index contributed by atoms with van der Waals surface area (Å²) in [6.07, 6.45) is 1.55. The fourth-order valence-corrected chi connectivity index (χ4v) is 3.16. The lowest BCUT2D eigenvalue weighted by Gasteiger charge is -2.12. The predicted molar refractivity (Wildman–Crippen MR) is 116 cm³/mol. The number of nitriles is 1. The van der Waals surface area contributed by atoms with Gasteiger partial charge < -0.3 is 24.4 Å². The van der Waals surface area contributed by atoms with Crippen molar-refractivity contribution in [3.05, 3.63) is 70.8 Å². The van der Waals surface area contributed by atoms with Gasteiger partial charge in [0.15, 0.2) is 6.61 Å². The second kappa shape index (κ2) is 9.66. The van der Waals surface area contributed by atoms with Gasteiger partial charge in [0, 0.05) is 18.3 Å². The number of esters is 1. The molecule has 0 aliphatic carbocycles. The van der Waals surface area contributed by atoms with E-state index < -0.39 is 18.5 Å². The third-order valence-electron chi connectivity index (χ3n) is 4.87. The number of nitrogens with zero attached hydrogens (tertiary/aromatic N) is 2. The number of furan rings is 1. The van der Waals surface area contributed by atoms with Crippen LogP contribution in [0, 0.1) is 25.2 Å². The van der Waals surface area contributed by atoms with Crippen LogP contribution in [-0.2, 0) is 20.9 Å². The average molecular weight is 434 g/mol. The van der Waals surface area contributed by atoms with Gasteiger partial charge in [-0.2, -0.15) is 5.26 Å². The van der Waals surface area contributed by atoms with Gasteiger partial charge in [-0.05, 0) is 55.8 Å². The highest BCUT2D eigenvalue weighted by molar-refractivity contribution is 5.96. The van der Waals surface area contributed by atoms with Crippen LogP contribution in [0.5, 0.6) is 0 Å². The minimum Gasteiger partial charge on any atom is -0.467 e. The number of carbonyl (C=O) groups is 3. The molecule has 0 spiro atoms. The first-order valence-corrected chi connectivity index (χ1v) is 9.77. The van der Waals surface area contributed by atoms with Crippen LogP contribution in [0.4, 0.5) is 11.5 Å². The maximum atomic E-state index is 12.5. The molecule has 0 saturated carbocycles. The first-order chi connectivity index (χ1) is 15.3. The molecule has 2 N–H and O–H groups in total. The molecule has 0 aliphatic heterocycles. The number of benzene rings is 1. The number of anilines is 2. The first-order valence-electron chi connectivity index (χ1n) is 9.77. The molecule has 0 fully saturated rings. The molecule has 3 aromatic rings. The van der Waals surface area contributed by atoms with Gasteiger partial charge in [-0.3, -0.25) is 9.59 Å². The molecule has 1 aromatic carbocycles. The third-order valence-corrected chi connectivity index (χ3v) is 4.87. The summed E-state index contributed by atoms with van der Waals surface area (Å²) in [5.74, 6) is -0.510. The Morgan fingerprint density at radius 1 is 1.12 bits per heavy atom. The molecule has 0 saturated heterocycles. The van der Waals surface area contributed by atoms with Crippen molar-refractivity contribution >= 4 is 29.3 Å². The number of carbonyl (C=O) groups excluding carboxylic acids is 3. The summed E-state index contributed by atoms with van der Waals surface area (Å²) >= 11 is 0. The molecule has 2 heterocycles. The Bertz CT molecular complexity index is 1180. The Morgan fingerprint density at radius 3 is 2.44 bits per heavy atom. The number of aromatic nitrogens is 1. The molecule has 0 unspecified atom stereocenters. The van der Waals surface area contributed by atoms with E-state index in [0.717, 1.165) is 11.3 Å². The van der Waals surface area contributed by atoms with Crippen LogP contribution in [0.2, 0.25) is 0 Å². The van der Waals surface area contributed by atoms with E-state index in [0.29, 0.717) is 29.4 Å². The highest BCUT2D eigenvalue weighted by Crippen LogP contribution is 2.27. The normalized spacial score (nSPS) is 10.3. The van der Waals surface area contributed by atoms with E-state index in [1.165, 1.54) is 19.1 Å². The Hall–Kier alpha value is -4.32. The molecule has 2 amide bonds. The molecule has 2 aromatic heterocycles. The first kappa shape index (κ1) is 22.4. The highest BCUT2D eigenvalue weighted by Gasteiger charge is 2.21. The zero-order chi connectivity index (χ0) is 23.3. The minimum absolute atomic E-state index is 0.226. The standard InChI is InChI=1S/C23H22N4O5/c1-14-15(2)27(12-19-5-4-10-31-19)22(20(14)11-24)26-21(29)13-32-23(30)17-6-8-18(9-7-17)25-16(3)28/h4-10H,12-13H2,1-3H3,(H,25,28)(H,26,29). The molecular weight excluding hydrogens is 412 g/mol. The Labute approximate surface area is 184 Å². The Morgan fingerprint density at radius 2 is 1.84 bits per heavy atom. The van der Waals surface area contributed by atoms with Crippen molar-refractivity contribution in [3.63, 3.8) is 0 Å². The fourth-order valence-electron chi connectivity index (χ4n) is 3.16. The molecular formula is C23H22N4O5. The second-order valence-corrected chi connectivity index (χ2v) is 7.09. The van der Waals surface area contributed by atoms with Gasteiger partial charge in [0.05, 0.1) is 23.9 Å². The number of nitrogens with one attached hydrogen (secondary N) is 2. The molecule has 0 aliphatic rings. The number of hydrogen-bond donors (Lipinski definition) is 2. The van der Waals surface area contributed by atoms with E-state index >= 15 is 0 Å². The number of ether oxygens (including phenoxy) is 1. The highest BCUT2D eigenvalue weighted by atomic mass is 16.5. The van der Waals surface area contributed by atoms with E-state index in [2.05, 4.69) is 16.7 Å². The molecule has 9 heteroatoms. The maximum absolute atomic E-state index is 12.5. The van der Waals surface area contributed by atoms with Crippen LogP contribution >= 0.6 is 0 Å². The van der Waals surface area contributed by atoms with Crippen LogP contribution in [0.1, 0.15) is 39.9 Å². The van der Waals surface area contributed by atoms with Crippen molar-refractivity contribution in [3.8, 4) is 6.07 Å². The van der Waals surface area contributed by atoms with Crippen LogP contribution < -0.4 is 10.6 Å². The summed E-state index contributed by atoms with van der Waals surface area (Å²) in [7, 11) is 0. The lowest BCUT2D eigenvalue weighted by atomic mass is 10.2. The van der Waals surface area contributed by atoms with Gasteiger partial charge in [0.1, 0.15) is 17.6 Å². The Balaban J connectivity index is 1.68. The maximum Gasteiger partial charge on any atom is 0.338 e. The van der Waals surface area contributed by atoms with E-state index in [9.17, 15) is 19.6 Å². The van der Waals surface area contributed by atoms with E-state index in [1.807, 2.05) is 6.92 Å². The van der Waals surface area contributed by atoms with Crippen molar-refractivity contribution in [2.45, 2.75) is 27.3 Å². The van der Waals surface area contributed by atoms with Gasteiger partial charge in [0.2, 0.25) is 5.91 Å². The average Bonchev–Trinajstić information content (AvgIpc) is 3.35.